The van der Waals surface area contributed by atoms with Crippen LogP contribution in [-0.4, -0.2) is 24.3 Å². The summed E-state index contributed by atoms with van der Waals surface area (Å²) in [6.45, 7) is 8.10. The number of carbonyl (C=O) groups excluding carboxylic acids is 1. The van der Waals surface area contributed by atoms with E-state index < -0.39 is 0 Å². The Balaban J connectivity index is 3.02. The normalized spacial score (nSPS) is 15.6. The van der Waals surface area contributed by atoms with Crippen molar-refractivity contribution in [2.45, 2.75) is 47.0 Å². The Kier molecular flexibility index (Phi) is 11.5. The van der Waals surface area contributed by atoms with Crippen molar-refractivity contribution in [3.05, 3.63) is 88.9 Å². The predicted octanol–water partition coefficient (Wildman–Crippen LogP) is 5.73. The van der Waals surface area contributed by atoms with Gasteiger partial charge in [-0.05, 0) is 75.0 Å². The number of nitrogens with one attached hydrogen (secondary N) is 1. The summed E-state index contributed by atoms with van der Waals surface area (Å²) in [6.07, 6.45) is 23.9. The maximum atomic E-state index is 11.1. The molecule has 0 aromatic heterocycles. The van der Waals surface area contributed by atoms with Crippen LogP contribution in [0.4, 0.5) is 0 Å². The second-order valence-electron chi connectivity index (χ2n) is 6.51. The number of likely N-dealkylation sites (N-methyl/N-ethyl adjacent to an activating group) is 1. The van der Waals surface area contributed by atoms with E-state index in [2.05, 4.69) is 47.4 Å². The molecule has 0 spiro atoms. The largest absolute Gasteiger partial charge is 0.312 e. The number of nitrogens with zero attached hydrogens (tertiary/aromatic N) is 2. The van der Waals surface area contributed by atoms with Gasteiger partial charge in [0, 0.05) is 7.05 Å². The Morgan fingerprint density at radius 1 is 1.28 bits per heavy atom. The molecule has 0 fully saturated rings. The first kappa shape index (κ1) is 23.9. The summed E-state index contributed by atoms with van der Waals surface area (Å²) in [6, 6.07) is 0. The van der Waals surface area contributed by atoms with Gasteiger partial charge in [-0.2, -0.15) is 5.10 Å². The topological polar surface area (TPSA) is 44.7 Å². The number of amides is 1. The Morgan fingerprint density at radius 3 is 2.69 bits per heavy atom. The Morgan fingerprint density at radius 2 is 2.03 bits per heavy atom. The first-order valence-electron chi connectivity index (χ1n) is 10.0. The highest BCUT2D eigenvalue weighted by molar-refractivity contribution is 5.99. The number of hydrogen-bond acceptors (Lipinski definition) is 3. The number of hydrogen-bond donors (Lipinski definition) is 1. The van der Waals surface area contributed by atoms with E-state index in [1.165, 1.54) is 0 Å². The summed E-state index contributed by atoms with van der Waals surface area (Å²) < 4.78 is 0. The average molecular weight is 392 g/mol. The van der Waals surface area contributed by atoms with E-state index in [1.807, 2.05) is 64.3 Å². The standard InChI is InChI=1S/C25H33N3O/c1-6-9-10-11-12-16-24(8-3)28(5)27-25(26-20-29)19-21(4)23-15-13-14-22(7-2)17-18-23/h6,8-9,12-16,18-20H,7,10-11H2,1-5H3,(H,26,27,29)/b9-6?,16-12?,21-19+,24-8+. The fraction of sp³-hybridized carbons (Fsp3) is 0.320. The molecular formula is C25H33N3O. The zero-order chi connectivity index (χ0) is 21.5. The molecule has 154 valence electrons. The molecule has 1 aliphatic carbocycles. The van der Waals surface area contributed by atoms with Crippen molar-refractivity contribution in [2.24, 2.45) is 5.10 Å². The minimum absolute atomic E-state index is 0.476. The molecule has 0 aromatic carbocycles. The summed E-state index contributed by atoms with van der Waals surface area (Å²) in [7, 11) is 1.87. The highest BCUT2D eigenvalue weighted by Crippen LogP contribution is 2.15. The molecule has 1 aliphatic rings. The van der Waals surface area contributed by atoms with Crippen LogP contribution < -0.4 is 5.32 Å². The summed E-state index contributed by atoms with van der Waals surface area (Å²) in [5.41, 5.74) is 7.43. The summed E-state index contributed by atoms with van der Waals surface area (Å²) in [4.78, 5) is 11.1. The number of amidine groups is 1. The van der Waals surface area contributed by atoms with Gasteiger partial charge in [-0.25, -0.2) is 0 Å². The van der Waals surface area contributed by atoms with E-state index in [-0.39, 0.29) is 0 Å². The van der Waals surface area contributed by atoms with E-state index in [9.17, 15) is 4.79 Å². The van der Waals surface area contributed by atoms with Gasteiger partial charge in [0.2, 0.25) is 6.41 Å². The lowest BCUT2D eigenvalue weighted by Gasteiger charge is -2.15. The van der Waals surface area contributed by atoms with Crippen molar-refractivity contribution in [1.82, 2.24) is 10.3 Å². The minimum atomic E-state index is 0.476. The third-order valence-corrected chi connectivity index (χ3v) is 4.33. The molecule has 0 saturated carbocycles. The summed E-state index contributed by atoms with van der Waals surface area (Å²) >= 11 is 0. The molecule has 1 amide bonds. The van der Waals surface area contributed by atoms with Crippen LogP contribution >= 0.6 is 0 Å². The molecule has 0 atom stereocenters. The SMILES string of the molecule is CC=CCCC=C/C(=C\C)N(C)/N=C(\C=C(/C)C1=CC=CC(CC)=C=C1)NC=O. The molecule has 0 aliphatic heterocycles. The molecule has 0 radical (unpaired) electrons. The van der Waals surface area contributed by atoms with Crippen LogP contribution in [0.2, 0.25) is 0 Å². The molecule has 1 rings (SSSR count). The molecule has 0 aromatic rings. The van der Waals surface area contributed by atoms with Gasteiger partial charge < -0.3 is 5.32 Å². The lowest BCUT2D eigenvalue weighted by molar-refractivity contribution is -0.108. The van der Waals surface area contributed by atoms with Gasteiger partial charge in [-0.3, -0.25) is 9.80 Å². The quantitative estimate of drug-likeness (QED) is 0.0755. The van der Waals surface area contributed by atoms with E-state index in [0.29, 0.717) is 12.2 Å². The first-order chi connectivity index (χ1) is 14.0. The van der Waals surface area contributed by atoms with Crippen LogP contribution in [-0.2, 0) is 4.79 Å². The molecular weight excluding hydrogens is 358 g/mol. The molecule has 1 N–H and O–H groups in total. The second kappa shape index (κ2) is 14.0. The highest BCUT2D eigenvalue weighted by Gasteiger charge is 2.04. The number of carbonyl (C=O) groups is 1. The van der Waals surface area contributed by atoms with E-state index in [1.54, 1.807) is 5.01 Å². The van der Waals surface area contributed by atoms with Gasteiger partial charge in [0.1, 0.15) is 0 Å². The van der Waals surface area contributed by atoms with Crippen LogP contribution in [0.15, 0.2) is 94.0 Å². The Hall–Kier alpha value is -3.10. The first-order valence-corrected chi connectivity index (χ1v) is 10.0. The third-order valence-electron chi connectivity index (χ3n) is 4.33. The maximum Gasteiger partial charge on any atom is 0.212 e. The van der Waals surface area contributed by atoms with Gasteiger partial charge in [-0.1, -0.05) is 49.5 Å². The number of unbranched alkanes of at least 4 members (excludes halogenated alkanes) is 1. The zero-order valence-corrected chi connectivity index (χ0v) is 18.3. The Labute approximate surface area is 175 Å². The molecule has 4 heteroatoms. The number of hydrazone groups is 1. The average Bonchev–Trinajstić information content (AvgIpc) is 2.96. The minimum Gasteiger partial charge on any atom is -0.312 e. The van der Waals surface area contributed by atoms with Gasteiger partial charge in [0.05, 0.1) is 5.70 Å². The van der Waals surface area contributed by atoms with Crippen LogP contribution in [0.3, 0.4) is 0 Å². The summed E-state index contributed by atoms with van der Waals surface area (Å²) in [5.74, 6) is 0.476. The van der Waals surface area contributed by atoms with Crippen LogP contribution in [0.5, 0.6) is 0 Å². The molecule has 0 saturated heterocycles. The predicted molar refractivity (Wildman–Crippen MR) is 124 cm³/mol. The highest BCUT2D eigenvalue weighted by atomic mass is 16.1. The van der Waals surface area contributed by atoms with E-state index in [4.69, 9.17) is 0 Å². The van der Waals surface area contributed by atoms with Crippen LogP contribution in [0.1, 0.15) is 47.0 Å². The lowest BCUT2D eigenvalue weighted by atomic mass is 10.1. The third kappa shape index (κ3) is 9.09. The van der Waals surface area contributed by atoms with Crippen molar-refractivity contribution in [2.75, 3.05) is 7.05 Å². The van der Waals surface area contributed by atoms with Gasteiger partial charge in [0.25, 0.3) is 0 Å². The Bertz CT molecular complexity index is 826. The second-order valence-corrected chi connectivity index (χ2v) is 6.51. The molecule has 0 unspecified atom stereocenters. The number of rotatable bonds is 10. The maximum absolute atomic E-state index is 11.1. The number of allylic oxidation sites excluding steroid dienone is 11. The van der Waals surface area contributed by atoms with Gasteiger partial charge in [0.15, 0.2) is 5.84 Å². The van der Waals surface area contributed by atoms with Crippen LogP contribution in [0, 0.1) is 0 Å². The molecule has 0 bridgehead atoms. The monoisotopic (exact) mass is 391 g/mol. The van der Waals surface area contributed by atoms with Crippen molar-refractivity contribution in [3.8, 4) is 0 Å². The van der Waals surface area contributed by atoms with E-state index >= 15 is 0 Å². The van der Waals surface area contributed by atoms with Crippen LogP contribution in [0.25, 0.3) is 0 Å². The lowest BCUT2D eigenvalue weighted by Crippen LogP contribution is -2.24. The van der Waals surface area contributed by atoms with Crippen molar-refractivity contribution < 1.29 is 4.79 Å². The van der Waals surface area contributed by atoms with E-state index in [0.717, 1.165) is 41.7 Å². The molecule has 4 nitrogen and oxygen atoms in total. The smallest absolute Gasteiger partial charge is 0.212 e. The fourth-order valence-electron chi connectivity index (χ4n) is 2.62. The van der Waals surface area contributed by atoms with Crippen molar-refractivity contribution >= 4 is 12.2 Å². The molecule has 0 heterocycles. The molecule has 29 heavy (non-hydrogen) atoms. The fourth-order valence-corrected chi connectivity index (χ4v) is 2.62. The van der Waals surface area contributed by atoms with Crippen molar-refractivity contribution in [1.29, 1.82) is 0 Å². The van der Waals surface area contributed by atoms with Gasteiger partial charge >= 0.3 is 0 Å². The zero-order valence-electron chi connectivity index (χ0n) is 18.3. The summed E-state index contributed by atoms with van der Waals surface area (Å²) in [5, 5.41) is 9.00. The van der Waals surface area contributed by atoms with Crippen molar-refractivity contribution in [3.63, 3.8) is 0 Å². The van der Waals surface area contributed by atoms with Gasteiger partial charge in [-0.15, -0.1) is 5.73 Å².